The molecule has 4 aromatic heterocycles. The van der Waals surface area contributed by atoms with E-state index >= 15 is 0 Å². The molecule has 4 aromatic rings. The summed E-state index contributed by atoms with van der Waals surface area (Å²) in [5, 5.41) is 13.6. The molecule has 9 nitrogen and oxygen atoms in total. The van der Waals surface area contributed by atoms with Crippen LogP contribution in [0.4, 0.5) is 0 Å². The molecular formula is C19H20N8O. The van der Waals surface area contributed by atoms with Crippen molar-refractivity contribution in [3.05, 3.63) is 54.5 Å². The summed E-state index contributed by atoms with van der Waals surface area (Å²) in [7, 11) is 1.89. The van der Waals surface area contributed by atoms with Crippen molar-refractivity contribution in [3.63, 3.8) is 0 Å². The molecule has 0 saturated carbocycles. The standard InChI is InChI=1S/C19H20N8O/c1-13-16(10-22-26(13)17-5-3-4-7-20-17)19-23-18(14-6-8-28-12-14)24-27(19)15-9-21-25(2)11-15/h3-5,7,9-11,14H,6,8,12H2,1-2H3. The van der Waals surface area contributed by atoms with Gasteiger partial charge < -0.3 is 4.74 Å². The highest BCUT2D eigenvalue weighted by Gasteiger charge is 2.26. The summed E-state index contributed by atoms with van der Waals surface area (Å²) in [6.07, 6.45) is 8.21. The maximum atomic E-state index is 5.53. The molecule has 0 aliphatic carbocycles. The topological polar surface area (TPSA) is 88.5 Å². The lowest BCUT2D eigenvalue weighted by Crippen LogP contribution is -2.03. The van der Waals surface area contributed by atoms with Crippen LogP contribution in [-0.2, 0) is 11.8 Å². The highest BCUT2D eigenvalue weighted by Crippen LogP contribution is 2.29. The normalized spacial score (nSPS) is 16.7. The zero-order chi connectivity index (χ0) is 19.1. The van der Waals surface area contributed by atoms with Gasteiger partial charge in [0.15, 0.2) is 17.5 Å². The third-order valence-corrected chi connectivity index (χ3v) is 4.97. The Hall–Kier alpha value is -3.33. The van der Waals surface area contributed by atoms with Crippen molar-refractivity contribution in [1.29, 1.82) is 0 Å². The Kier molecular flexibility index (Phi) is 4.01. The molecular weight excluding hydrogens is 356 g/mol. The number of ether oxygens (including phenoxy) is 1. The number of nitrogens with zero attached hydrogens (tertiary/aromatic N) is 8. The first-order valence-electron chi connectivity index (χ1n) is 9.21. The van der Waals surface area contributed by atoms with Crippen molar-refractivity contribution >= 4 is 0 Å². The molecule has 5 heterocycles. The number of aromatic nitrogens is 8. The van der Waals surface area contributed by atoms with Crippen LogP contribution in [0.5, 0.6) is 0 Å². The van der Waals surface area contributed by atoms with Crippen LogP contribution in [0.15, 0.2) is 43.0 Å². The fourth-order valence-electron chi connectivity index (χ4n) is 3.45. The molecule has 0 N–H and O–H groups in total. The van der Waals surface area contributed by atoms with Gasteiger partial charge in [-0.25, -0.2) is 19.3 Å². The average Bonchev–Trinajstić information content (AvgIpc) is 3.48. The molecule has 0 bridgehead atoms. The maximum absolute atomic E-state index is 5.53. The van der Waals surface area contributed by atoms with Gasteiger partial charge >= 0.3 is 0 Å². The summed E-state index contributed by atoms with van der Waals surface area (Å²) in [4.78, 5) is 9.27. The van der Waals surface area contributed by atoms with Crippen LogP contribution in [0.3, 0.4) is 0 Å². The fourth-order valence-corrected chi connectivity index (χ4v) is 3.45. The third-order valence-electron chi connectivity index (χ3n) is 4.97. The monoisotopic (exact) mass is 376 g/mol. The molecule has 0 amide bonds. The zero-order valence-corrected chi connectivity index (χ0v) is 15.7. The first-order chi connectivity index (χ1) is 13.7. The first kappa shape index (κ1) is 16.8. The predicted molar refractivity (Wildman–Crippen MR) is 101 cm³/mol. The van der Waals surface area contributed by atoms with E-state index in [4.69, 9.17) is 14.8 Å². The largest absolute Gasteiger partial charge is 0.381 e. The van der Waals surface area contributed by atoms with Crippen molar-refractivity contribution in [2.45, 2.75) is 19.3 Å². The molecule has 0 radical (unpaired) electrons. The number of pyridine rings is 1. The molecule has 0 aromatic carbocycles. The molecule has 5 rings (SSSR count). The molecule has 1 atom stereocenters. The Morgan fingerprint density at radius 1 is 1.14 bits per heavy atom. The SMILES string of the molecule is Cc1c(-c2nc(C3CCOC3)nn2-c2cnn(C)c2)cnn1-c1ccccn1. The predicted octanol–water partition coefficient (Wildman–Crippen LogP) is 2.06. The van der Waals surface area contributed by atoms with E-state index in [0.29, 0.717) is 6.61 Å². The van der Waals surface area contributed by atoms with E-state index in [2.05, 4.69) is 15.2 Å². The molecule has 142 valence electrons. The zero-order valence-electron chi connectivity index (χ0n) is 15.7. The Balaban J connectivity index is 1.64. The van der Waals surface area contributed by atoms with E-state index in [1.165, 1.54) is 0 Å². The van der Waals surface area contributed by atoms with Crippen LogP contribution in [0.2, 0.25) is 0 Å². The quantitative estimate of drug-likeness (QED) is 0.542. The van der Waals surface area contributed by atoms with Gasteiger partial charge in [0, 0.05) is 25.8 Å². The summed E-state index contributed by atoms with van der Waals surface area (Å²) in [5.41, 5.74) is 2.72. The van der Waals surface area contributed by atoms with Crippen LogP contribution < -0.4 is 0 Å². The number of aryl methyl sites for hydroxylation is 1. The van der Waals surface area contributed by atoms with Crippen molar-refractivity contribution in [2.24, 2.45) is 7.05 Å². The second kappa shape index (κ2) is 6.68. The lowest BCUT2D eigenvalue weighted by Gasteiger charge is -2.05. The second-order valence-corrected chi connectivity index (χ2v) is 6.88. The first-order valence-corrected chi connectivity index (χ1v) is 9.21. The maximum Gasteiger partial charge on any atom is 0.167 e. The van der Waals surface area contributed by atoms with Gasteiger partial charge in [0.25, 0.3) is 0 Å². The lowest BCUT2D eigenvalue weighted by molar-refractivity contribution is 0.193. The summed E-state index contributed by atoms with van der Waals surface area (Å²) in [6, 6.07) is 5.76. The van der Waals surface area contributed by atoms with Gasteiger partial charge in [-0.05, 0) is 25.5 Å². The van der Waals surface area contributed by atoms with Gasteiger partial charge in [-0.1, -0.05) is 6.07 Å². The van der Waals surface area contributed by atoms with E-state index in [9.17, 15) is 0 Å². The average molecular weight is 376 g/mol. The minimum Gasteiger partial charge on any atom is -0.381 e. The summed E-state index contributed by atoms with van der Waals surface area (Å²) in [5.74, 6) is 2.52. The third kappa shape index (κ3) is 2.80. The van der Waals surface area contributed by atoms with Gasteiger partial charge in [-0.15, -0.1) is 0 Å². The van der Waals surface area contributed by atoms with Crippen LogP contribution in [-0.4, -0.2) is 52.5 Å². The van der Waals surface area contributed by atoms with E-state index in [1.807, 2.05) is 53.9 Å². The van der Waals surface area contributed by atoms with Crippen LogP contribution >= 0.6 is 0 Å². The molecule has 28 heavy (non-hydrogen) atoms. The second-order valence-electron chi connectivity index (χ2n) is 6.88. The van der Waals surface area contributed by atoms with Crippen molar-refractivity contribution < 1.29 is 4.74 Å². The fraction of sp³-hybridized carbons (Fsp3) is 0.316. The Morgan fingerprint density at radius 2 is 2.07 bits per heavy atom. The number of rotatable bonds is 4. The highest BCUT2D eigenvalue weighted by molar-refractivity contribution is 5.60. The van der Waals surface area contributed by atoms with Crippen molar-refractivity contribution in [1.82, 2.24) is 39.3 Å². The number of hydrogen-bond donors (Lipinski definition) is 0. The van der Waals surface area contributed by atoms with Crippen molar-refractivity contribution in [3.8, 4) is 22.9 Å². The Morgan fingerprint density at radius 3 is 2.79 bits per heavy atom. The Bertz CT molecular complexity index is 1100. The molecule has 1 saturated heterocycles. The van der Waals surface area contributed by atoms with Gasteiger partial charge in [0.1, 0.15) is 5.69 Å². The van der Waals surface area contributed by atoms with Crippen LogP contribution in [0, 0.1) is 6.92 Å². The lowest BCUT2D eigenvalue weighted by atomic mass is 10.1. The highest BCUT2D eigenvalue weighted by atomic mass is 16.5. The van der Waals surface area contributed by atoms with E-state index < -0.39 is 0 Å². The minimum atomic E-state index is 0.211. The van der Waals surface area contributed by atoms with Gasteiger partial charge in [0.2, 0.25) is 0 Å². The van der Waals surface area contributed by atoms with E-state index in [-0.39, 0.29) is 5.92 Å². The molecule has 0 spiro atoms. The Labute approximate surface area is 161 Å². The van der Waals surface area contributed by atoms with Crippen molar-refractivity contribution in [2.75, 3.05) is 13.2 Å². The van der Waals surface area contributed by atoms with E-state index in [0.717, 1.165) is 47.4 Å². The minimum absolute atomic E-state index is 0.211. The van der Waals surface area contributed by atoms with Crippen LogP contribution in [0.1, 0.15) is 23.9 Å². The molecule has 1 unspecified atom stereocenters. The smallest absolute Gasteiger partial charge is 0.167 e. The molecule has 1 aliphatic heterocycles. The molecule has 1 fully saturated rings. The summed E-state index contributed by atoms with van der Waals surface area (Å²) >= 11 is 0. The van der Waals surface area contributed by atoms with Gasteiger partial charge in [-0.3, -0.25) is 4.68 Å². The molecule has 9 heteroatoms. The van der Waals surface area contributed by atoms with Gasteiger partial charge in [0.05, 0.1) is 36.5 Å². The summed E-state index contributed by atoms with van der Waals surface area (Å²) in [6.45, 7) is 3.42. The summed E-state index contributed by atoms with van der Waals surface area (Å²) < 4.78 is 10.9. The van der Waals surface area contributed by atoms with E-state index in [1.54, 1.807) is 17.1 Å². The number of hydrogen-bond acceptors (Lipinski definition) is 6. The van der Waals surface area contributed by atoms with Gasteiger partial charge in [-0.2, -0.15) is 15.3 Å². The van der Waals surface area contributed by atoms with Crippen LogP contribution in [0.25, 0.3) is 22.9 Å². The molecule has 1 aliphatic rings.